The molecular weight excluding hydrogens is 257 g/mol. The topological polar surface area (TPSA) is 0 Å². The summed E-state index contributed by atoms with van der Waals surface area (Å²) < 4.78 is 37.3. The van der Waals surface area contributed by atoms with Crippen molar-refractivity contribution in [3.63, 3.8) is 0 Å². The highest BCUT2D eigenvalue weighted by Crippen LogP contribution is 2.62. The van der Waals surface area contributed by atoms with Crippen LogP contribution in [-0.4, -0.2) is 10.3 Å². The first-order valence-electron chi connectivity index (χ1n) is 7.16. The van der Waals surface area contributed by atoms with E-state index in [2.05, 4.69) is 6.92 Å². The van der Waals surface area contributed by atoms with Gasteiger partial charge in [-0.05, 0) is 62.1 Å². The van der Waals surface area contributed by atoms with Gasteiger partial charge in [0.1, 0.15) is 0 Å². The summed E-state index contributed by atoms with van der Waals surface area (Å²) in [4.78, 5) is 0. The monoisotopic (exact) mass is 280 g/mol. The molecule has 0 spiro atoms. The van der Waals surface area contributed by atoms with Gasteiger partial charge in [-0.15, -0.1) is 0 Å². The van der Waals surface area contributed by atoms with Crippen LogP contribution in [0.25, 0.3) is 0 Å². The maximum Gasteiger partial charge on any atom is 0.442 e. The largest absolute Gasteiger partial charge is 0.442 e. The normalized spacial score (nSPS) is 36.0. The second-order valence-corrected chi connectivity index (χ2v) is 7.72. The summed E-state index contributed by atoms with van der Waals surface area (Å²) in [7, 11) is 0. The number of thioether (sulfide) groups is 1. The average molecular weight is 280 g/mol. The van der Waals surface area contributed by atoms with E-state index in [9.17, 15) is 13.2 Å². The lowest BCUT2D eigenvalue weighted by atomic mass is 9.58. The Balaban J connectivity index is 1.89. The second kappa shape index (κ2) is 5.26. The maximum absolute atomic E-state index is 12.6. The zero-order valence-corrected chi connectivity index (χ0v) is 11.9. The molecule has 0 nitrogen and oxygen atoms in total. The predicted molar refractivity (Wildman–Crippen MR) is 70.7 cm³/mol. The van der Waals surface area contributed by atoms with Crippen molar-refractivity contribution < 1.29 is 13.2 Å². The molecule has 106 valence electrons. The summed E-state index contributed by atoms with van der Waals surface area (Å²) in [5, 5.41) is 0. The molecule has 0 unspecified atom stereocenters. The molecule has 18 heavy (non-hydrogen) atoms. The Labute approximate surface area is 112 Å². The van der Waals surface area contributed by atoms with Crippen molar-refractivity contribution in [3.05, 3.63) is 0 Å². The van der Waals surface area contributed by atoms with Gasteiger partial charge in [-0.25, -0.2) is 0 Å². The second-order valence-electron chi connectivity index (χ2n) is 6.19. The van der Waals surface area contributed by atoms with Gasteiger partial charge in [0.15, 0.2) is 0 Å². The molecule has 0 saturated heterocycles. The average Bonchev–Trinajstić information content (AvgIpc) is 2.30. The molecule has 3 aliphatic carbocycles. The summed E-state index contributed by atoms with van der Waals surface area (Å²) >= 11 is 0.290. The van der Waals surface area contributed by atoms with E-state index in [1.54, 1.807) is 0 Å². The third kappa shape index (κ3) is 3.37. The van der Waals surface area contributed by atoms with Crippen molar-refractivity contribution in [2.24, 2.45) is 5.41 Å². The van der Waals surface area contributed by atoms with E-state index in [0.717, 1.165) is 38.5 Å². The minimum absolute atomic E-state index is 0.290. The van der Waals surface area contributed by atoms with Gasteiger partial charge in [-0.3, -0.25) is 0 Å². The van der Waals surface area contributed by atoms with Gasteiger partial charge in [-0.2, -0.15) is 13.2 Å². The highest BCUT2D eigenvalue weighted by atomic mass is 32.2. The number of fused-ring (bicyclic) bond motifs is 3. The van der Waals surface area contributed by atoms with E-state index in [1.165, 1.54) is 25.7 Å². The first-order chi connectivity index (χ1) is 8.39. The summed E-state index contributed by atoms with van der Waals surface area (Å²) in [5.41, 5.74) is -3.65. The van der Waals surface area contributed by atoms with Crippen LogP contribution >= 0.6 is 11.8 Å². The lowest BCUT2D eigenvalue weighted by molar-refractivity contribution is -0.0375. The molecule has 0 radical (unpaired) electrons. The zero-order chi connectivity index (χ0) is 13.3. The molecule has 3 fully saturated rings. The number of alkyl halides is 3. The van der Waals surface area contributed by atoms with Crippen LogP contribution in [-0.2, 0) is 0 Å². The van der Waals surface area contributed by atoms with Crippen molar-refractivity contribution in [1.29, 1.82) is 0 Å². The van der Waals surface area contributed by atoms with E-state index in [4.69, 9.17) is 0 Å². The third-order valence-electron chi connectivity index (χ3n) is 4.98. The molecular formula is C14H23F3S. The number of hydrogen-bond donors (Lipinski definition) is 0. The highest BCUT2D eigenvalue weighted by Gasteiger charge is 2.52. The first-order valence-corrected chi connectivity index (χ1v) is 7.97. The van der Waals surface area contributed by atoms with Crippen molar-refractivity contribution >= 4 is 11.8 Å². The zero-order valence-electron chi connectivity index (χ0n) is 11.1. The number of rotatable bonds is 5. The summed E-state index contributed by atoms with van der Waals surface area (Å²) in [6.07, 6.45) is 10.4. The van der Waals surface area contributed by atoms with Crippen molar-refractivity contribution in [2.45, 2.75) is 81.4 Å². The van der Waals surface area contributed by atoms with Gasteiger partial charge < -0.3 is 0 Å². The van der Waals surface area contributed by atoms with Crippen LogP contribution in [0.1, 0.15) is 71.1 Å². The van der Waals surface area contributed by atoms with E-state index < -0.39 is 10.3 Å². The molecule has 0 N–H and O–H groups in total. The molecule has 0 heterocycles. The molecule has 4 heteroatoms. The molecule has 0 aromatic rings. The van der Waals surface area contributed by atoms with E-state index in [-0.39, 0.29) is 0 Å². The minimum atomic E-state index is -4.06. The lowest BCUT2D eigenvalue weighted by Crippen LogP contribution is -2.45. The summed E-state index contributed by atoms with van der Waals surface area (Å²) in [6.45, 7) is 2.20. The first kappa shape index (κ1) is 14.5. The van der Waals surface area contributed by atoms with E-state index in [0.29, 0.717) is 17.2 Å². The van der Waals surface area contributed by atoms with Gasteiger partial charge in [0.25, 0.3) is 0 Å². The molecule has 3 aliphatic rings. The molecule has 2 bridgehead atoms. The Morgan fingerprint density at radius 3 is 1.94 bits per heavy atom. The Morgan fingerprint density at radius 1 is 0.944 bits per heavy atom. The van der Waals surface area contributed by atoms with Crippen molar-refractivity contribution in [2.75, 3.05) is 0 Å². The molecule has 3 rings (SSSR count). The highest BCUT2D eigenvalue weighted by molar-refractivity contribution is 8.01. The number of hydrogen-bond acceptors (Lipinski definition) is 1. The molecule has 0 aromatic carbocycles. The SMILES string of the molecule is CCCCCC12CCC(SC(F)(F)F)(CC1)CC2. The van der Waals surface area contributed by atoms with Crippen molar-refractivity contribution in [1.82, 2.24) is 0 Å². The van der Waals surface area contributed by atoms with Crippen LogP contribution in [0.3, 0.4) is 0 Å². The fourth-order valence-corrected chi connectivity index (χ4v) is 4.86. The summed E-state index contributed by atoms with van der Waals surface area (Å²) in [5.74, 6) is 0. The van der Waals surface area contributed by atoms with Gasteiger partial charge >= 0.3 is 5.51 Å². The van der Waals surface area contributed by atoms with Crippen LogP contribution < -0.4 is 0 Å². The van der Waals surface area contributed by atoms with E-state index in [1.807, 2.05) is 0 Å². The fourth-order valence-electron chi connectivity index (χ4n) is 3.75. The van der Waals surface area contributed by atoms with Gasteiger partial charge in [0.2, 0.25) is 0 Å². The molecule has 0 aromatic heterocycles. The smallest absolute Gasteiger partial charge is 0.160 e. The molecule has 0 amide bonds. The van der Waals surface area contributed by atoms with Gasteiger partial charge in [0.05, 0.1) is 0 Å². The minimum Gasteiger partial charge on any atom is -0.160 e. The molecule has 0 atom stereocenters. The predicted octanol–water partition coefficient (Wildman–Crippen LogP) is 5.91. The van der Waals surface area contributed by atoms with Gasteiger partial charge in [0, 0.05) is 4.75 Å². The number of halogens is 3. The fraction of sp³-hybridized carbons (Fsp3) is 1.00. The maximum atomic E-state index is 12.6. The Bertz CT molecular complexity index is 261. The number of unbranched alkanes of at least 4 members (excludes halogenated alkanes) is 2. The summed E-state index contributed by atoms with van der Waals surface area (Å²) in [6, 6.07) is 0. The van der Waals surface area contributed by atoms with Gasteiger partial charge in [-0.1, -0.05) is 26.2 Å². The van der Waals surface area contributed by atoms with Crippen LogP contribution in [0, 0.1) is 5.41 Å². The van der Waals surface area contributed by atoms with E-state index >= 15 is 0 Å². The third-order valence-corrected chi connectivity index (χ3v) is 6.25. The lowest BCUT2D eigenvalue weighted by Gasteiger charge is -2.53. The van der Waals surface area contributed by atoms with Crippen molar-refractivity contribution in [3.8, 4) is 0 Å². The Morgan fingerprint density at radius 2 is 1.50 bits per heavy atom. The van der Waals surface area contributed by atoms with Crippen LogP contribution in [0.2, 0.25) is 0 Å². The standard InChI is InChI=1S/C14H23F3S/c1-2-3-4-5-12-6-9-13(10-7-12,11-8-12)18-14(15,16)17/h2-11H2,1H3. The Hall–Kier alpha value is 0.140. The van der Waals surface area contributed by atoms with Crippen LogP contribution in [0.5, 0.6) is 0 Å². The Kier molecular flexibility index (Phi) is 4.25. The quantitative estimate of drug-likeness (QED) is 0.564. The van der Waals surface area contributed by atoms with Crippen LogP contribution in [0.4, 0.5) is 13.2 Å². The molecule has 0 aliphatic heterocycles. The molecule has 3 saturated carbocycles. The van der Waals surface area contributed by atoms with Crippen LogP contribution in [0.15, 0.2) is 0 Å².